The van der Waals surface area contributed by atoms with E-state index in [2.05, 4.69) is 20.5 Å². The summed E-state index contributed by atoms with van der Waals surface area (Å²) in [5.41, 5.74) is 0.446. The summed E-state index contributed by atoms with van der Waals surface area (Å²) in [6, 6.07) is 2.76. The van der Waals surface area contributed by atoms with E-state index in [0.717, 1.165) is 6.20 Å². The van der Waals surface area contributed by atoms with Crippen LogP contribution in [0.5, 0.6) is 0 Å². The Bertz CT molecular complexity index is 584. The summed E-state index contributed by atoms with van der Waals surface area (Å²) in [6.45, 7) is 2.29. The van der Waals surface area contributed by atoms with Gasteiger partial charge in [0.15, 0.2) is 0 Å². The summed E-state index contributed by atoms with van der Waals surface area (Å²) < 4.78 is 14.3. The number of carboxylic acids is 1. The smallest absolute Gasteiger partial charge is 0.303 e. The number of carbonyl (C=O) groups is 1. The second-order valence-corrected chi connectivity index (χ2v) is 4.42. The summed E-state index contributed by atoms with van der Waals surface area (Å²) in [6.07, 6.45) is 1.83. The van der Waals surface area contributed by atoms with Crippen molar-refractivity contribution >= 4 is 5.97 Å². The minimum absolute atomic E-state index is 0.0483. The average Bonchev–Trinajstić information content (AvgIpc) is 2.86. The first-order chi connectivity index (χ1) is 9.60. The Morgan fingerprint density at radius 2 is 2.30 bits per heavy atom. The third-order valence-corrected chi connectivity index (χ3v) is 2.96. The lowest BCUT2D eigenvalue weighted by Gasteiger charge is -2.12. The number of rotatable bonds is 6. The standard InChI is InChI=1S/C12H14FN5O2/c1-2-8(5-11(19)20)7-18-12(15-16-17-18)10-4-3-9(13)6-14-10/h3-4,6,8H,2,5,7H2,1H3,(H,19,20). The first kappa shape index (κ1) is 14.0. The molecule has 8 heteroatoms. The van der Waals surface area contributed by atoms with E-state index in [-0.39, 0.29) is 12.3 Å². The zero-order valence-electron chi connectivity index (χ0n) is 10.9. The molecule has 1 N–H and O–H groups in total. The molecule has 106 valence electrons. The summed E-state index contributed by atoms with van der Waals surface area (Å²) in [4.78, 5) is 14.7. The third kappa shape index (κ3) is 3.34. The van der Waals surface area contributed by atoms with Crippen molar-refractivity contribution < 1.29 is 14.3 Å². The number of halogens is 1. The van der Waals surface area contributed by atoms with Crippen LogP contribution in [-0.4, -0.2) is 36.3 Å². The zero-order valence-corrected chi connectivity index (χ0v) is 10.9. The van der Waals surface area contributed by atoms with Crippen molar-refractivity contribution in [2.24, 2.45) is 5.92 Å². The Morgan fingerprint density at radius 1 is 1.50 bits per heavy atom. The highest BCUT2D eigenvalue weighted by molar-refractivity contribution is 5.67. The molecular formula is C12H14FN5O2. The van der Waals surface area contributed by atoms with Crippen LogP contribution < -0.4 is 0 Å². The molecule has 7 nitrogen and oxygen atoms in total. The van der Waals surface area contributed by atoms with Crippen LogP contribution in [0.3, 0.4) is 0 Å². The molecule has 0 saturated heterocycles. The Kier molecular flexibility index (Phi) is 4.34. The van der Waals surface area contributed by atoms with Gasteiger partial charge >= 0.3 is 5.97 Å². The number of tetrazole rings is 1. The third-order valence-electron chi connectivity index (χ3n) is 2.96. The monoisotopic (exact) mass is 279 g/mol. The largest absolute Gasteiger partial charge is 0.481 e. The fourth-order valence-electron chi connectivity index (χ4n) is 1.85. The normalized spacial score (nSPS) is 12.3. The number of hydrogen-bond donors (Lipinski definition) is 1. The Labute approximate surface area is 114 Å². The topological polar surface area (TPSA) is 93.8 Å². The van der Waals surface area contributed by atoms with Gasteiger partial charge < -0.3 is 5.11 Å². The number of pyridine rings is 1. The minimum atomic E-state index is -0.855. The molecule has 0 bridgehead atoms. The van der Waals surface area contributed by atoms with E-state index in [1.807, 2.05) is 6.92 Å². The molecular weight excluding hydrogens is 265 g/mol. The summed E-state index contributed by atoms with van der Waals surface area (Å²) in [7, 11) is 0. The van der Waals surface area contributed by atoms with Gasteiger partial charge in [0.25, 0.3) is 0 Å². The van der Waals surface area contributed by atoms with Gasteiger partial charge in [-0.2, -0.15) is 0 Å². The Hall–Kier alpha value is -2.38. The SMILES string of the molecule is CCC(CC(=O)O)Cn1nnnc1-c1ccc(F)cn1. The molecule has 2 aromatic rings. The van der Waals surface area contributed by atoms with Crippen molar-refractivity contribution in [1.82, 2.24) is 25.2 Å². The predicted molar refractivity (Wildman–Crippen MR) is 67.0 cm³/mol. The number of carboxylic acid groups (broad SMARTS) is 1. The number of aromatic nitrogens is 5. The Balaban J connectivity index is 2.19. The van der Waals surface area contributed by atoms with E-state index in [9.17, 15) is 9.18 Å². The van der Waals surface area contributed by atoms with Crippen molar-refractivity contribution in [3.8, 4) is 11.5 Å². The van der Waals surface area contributed by atoms with Crippen molar-refractivity contribution in [3.63, 3.8) is 0 Å². The van der Waals surface area contributed by atoms with Crippen molar-refractivity contribution in [2.75, 3.05) is 0 Å². The molecule has 0 radical (unpaired) electrons. The summed E-state index contributed by atoms with van der Waals surface area (Å²) in [5, 5.41) is 20.1. The fourth-order valence-corrected chi connectivity index (χ4v) is 1.85. The highest BCUT2D eigenvalue weighted by Gasteiger charge is 2.17. The maximum Gasteiger partial charge on any atom is 0.303 e. The second kappa shape index (κ2) is 6.18. The molecule has 0 spiro atoms. The Morgan fingerprint density at radius 3 is 2.90 bits per heavy atom. The van der Waals surface area contributed by atoms with E-state index >= 15 is 0 Å². The first-order valence-electron chi connectivity index (χ1n) is 6.20. The van der Waals surface area contributed by atoms with Crippen LogP contribution in [0.4, 0.5) is 4.39 Å². The lowest BCUT2D eigenvalue weighted by molar-refractivity contribution is -0.138. The molecule has 2 rings (SSSR count). The van der Waals surface area contributed by atoms with Gasteiger partial charge in [0.1, 0.15) is 11.5 Å². The molecule has 0 aliphatic carbocycles. The van der Waals surface area contributed by atoms with Gasteiger partial charge in [-0.1, -0.05) is 13.3 Å². The molecule has 0 aliphatic rings. The van der Waals surface area contributed by atoms with E-state index in [1.165, 1.54) is 16.8 Å². The lowest BCUT2D eigenvalue weighted by atomic mass is 10.0. The van der Waals surface area contributed by atoms with Gasteiger partial charge in [-0.15, -0.1) is 5.10 Å². The van der Waals surface area contributed by atoms with Crippen LogP contribution in [-0.2, 0) is 11.3 Å². The number of hydrogen-bond acceptors (Lipinski definition) is 5. The molecule has 0 aliphatic heterocycles. The van der Waals surface area contributed by atoms with Crippen LogP contribution >= 0.6 is 0 Å². The highest BCUT2D eigenvalue weighted by atomic mass is 19.1. The van der Waals surface area contributed by atoms with Crippen LogP contribution in [0.25, 0.3) is 11.5 Å². The zero-order chi connectivity index (χ0) is 14.5. The molecule has 2 aromatic heterocycles. The molecule has 0 aromatic carbocycles. The maximum atomic E-state index is 12.9. The van der Waals surface area contributed by atoms with E-state index in [1.54, 1.807) is 0 Å². The fraction of sp³-hybridized carbons (Fsp3) is 0.417. The van der Waals surface area contributed by atoms with Crippen molar-refractivity contribution in [3.05, 3.63) is 24.1 Å². The number of aliphatic carboxylic acids is 1. The molecule has 2 heterocycles. The van der Waals surface area contributed by atoms with Gasteiger partial charge in [0.05, 0.1) is 6.20 Å². The second-order valence-electron chi connectivity index (χ2n) is 4.42. The molecule has 1 atom stereocenters. The van der Waals surface area contributed by atoms with E-state index in [0.29, 0.717) is 24.5 Å². The molecule has 1 unspecified atom stereocenters. The van der Waals surface area contributed by atoms with Crippen LogP contribution in [0.1, 0.15) is 19.8 Å². The average molecular weight is 279 g/mol. The van der Waals surface area contributed by atoms with Gasteiger partial charge in [-0.05, 0) is 28.5 Å². The number of nitrogens with zero attached hydrogens (tertiary/aromatic N) is 5. The quantitative estimate of drug-likeness (QED) is 0.858. The molecule has 0 saturated carbocycles. The van der Waals surface area contributed by atoms with Gasteiger partial charge in [-0.25, -0.2) is 14.1 Å². The maximum absolute atomic E-state index is 12.9. The summed E-state index contributed by atoms with van der Waals surface area (Å²) in [5.74, 6) is -0.972. The van der Waals surface area contributed by atoms with E-state index in [4.69, 9.17) is 5.11 Å². The summed E-state index contributed by atoms with van der Waals surface area (Å²) >= 11 is 0. The van der Waals surface area contributed by atoms with Crippen molar-refractivity contribution in [1.29, 1.82) is 0 Å². The van der Waals surface area contributed by atoms with Crippen LogP contribution in [0, 0.1) is 11.7 Å². The minimum Gasteiger partial charge on any atom is -0.481 e. The molecule has 0 fully saturated rings. The molecule has 0 amide bonds. The van der Waals surface area contributed by atoms with Gasteiger partial charge in [0, 0.05) is 13.0 Å². The van der Waals surface area contributed by atoms with Crippen molar-refractivity contribution in [2.45, 2.75) is 26.3 Å². The predicted octanol–water partition coefficient (Wildman–Crippen LogP) is 1.38. The lowest BCUT2D eigenvalue weighted by Crippen LogP contribution is -2.16. The van der Waals surface area contributed by atoms with Crippen LogP contribution in [0.15, 0.2) is 18.3 Å². The van der Waals surface area contributed by atoms with Gasteiger partial charge in [-0.3, -0.25) is 4.79 Å². The van der Waals surface area contributed by atoms with Crippen LogP contribution in [0.2, 0.25) is 0 Å². The van der Waals surface area contributed by atoms with Gasteiger partial charge in [0.2, 0.25) is 5.82 Å². The molecule has 20 heavy (non-hydrogen) atoms. The van der Waals surface area contributed by atoms with E-state index < -0.39 is 11.8 Å². The highest BCUT2D eigenvalue weighted by Crippen LogP contribution is 2.17. The first-order valence-corrected chi connectivity index (χ1v) is 6.20.